The molecule has 0 saturated heterocycles. The lowest BCUT2D eigenvalue weighted by Gasteiger charge is -2.45. The zero-order valence-corrected chi connectivity index (χ0v) is 26.9. The molecule has 0 unspecified atom stereocenters. The molecule has 7 aromatic carbocycles. The van der Waals surface area contributed by atoms with Gasteiger partial charge in [-0.3, -0.25) is 0 Å². The fraction of sp³-hybridized carbons (Fsp3) is 0.0233. The Morgan fingerprint density at radius 1 is 0.468 bits per heavy atom. The number of hydrogen-bond acceptors (Lipinski definition) is 4. The van der Waals surface area contributed by atoms with Crippen LogP contribution >= 0.6 is 23.1 Å². The topological polar surface area (TPSA) is 12.5 Å². The molecule has 4 heteroatoms. The number of ether oxygens (including phenoxy) is 1. The minimum absolute atomic E-state index is 0.551. The van der Waals surface area contributed by atoms with Crippen molar-refractivity contribution in [1.82, 2.24) is 0 Å². The number of nitrogens with zero attached hydrogens (tertiary/aromatic N) is 1. The van der Waals surface area contributed by atoms with Gasteiger partial charge >= 0.3 is 0 Å². The van der Waals surface area contributed by atoms with Crippen LogP contribution < -0.4 is 9.64 Å². The van der Waals surface area contributed by atoms with Gasteiger partial charge in [0, 0.05) is 47.8 Å². The summed E-state index contributed by atoms with van der Waals surface area (Å²) < 4.78 is 9.20. The number of hydrogen-bond donors (Lipinski definition) is 0. The largest absolute Gasteiger partial charge is 0.457 e. The lowest BCUT2D eigenvalue weighted by molar-refractivity contribution is 0.431. The van der Waals surface area contributed by atoms with E-state index >= 15 is 0 Å². The summed E-state index contributed by atoms with van der Waals surface area (Å²) >= 11 is 3.73. The smallest absolute Gasteiger partial charge is 0.132 e. The zero-order valence-electron chi connectivity index (χ0n) is 25.3. The molecule has 222 valence electrons. The second-order valence-electron chi connectivity index (χ2n) is 12.0. The number of para-hydroxylation sites is 3. The molecule has 0 N–H and O–H groups in total. The molecule has 2 aliphatic rings. The van der Waals surface area contributed by atoms with E-state index in [0.29, 0.717) is 0 Å². The van der Waals surface area contributed by atoms with Crippen molar-refractivity contribution in [3.05, 3.63) is 186 Å². The third-order valence-electron chi connectivity index (χ3n) is 9.58. The first-order valence-corrected chi connectivity index (χ1v) is 17.5. The molecular formula is C43H27NOS2. The molecule has 0 fully saturated rings. The minimum atomic E-state index is -0.551. The Hall–Kier alpha value is -5.29. The van der Waals surface area contributed by atoms with Crippen molar-refractivity contribution in [1.29, 1.82) is 0 Å². The Morgan fingerprint density at radius 2 is 1.11 bits per heavy atom. The first-order chi connectivity index (χ1) is 23.3. The second kappa shape index (κ2) is 10.4. The van der Waals surface area contributed by atoms with Gasteiger partial charge in [0.2, 0.25) is 0 Å². The third-order valence-corrected chi connectivity index (χ3v) is 11.9. The maximum Gasteiger partial charge on any atom is 0.132 e. The van der Waals surface area contributed by atoms with Crippen molar-refractivity contribution in [2.45, 2.75) is 15.2 Å². The van der Waals surface area contributed by atoms with E-state index in [4.69, 9.17) is 4.74 Å². The van der Waals surface area contributed by atoms with Crippen molar-refractivity contribution in [2.75, 3.05) is 4.90 Å². The lowest BCUT2D eigenvalue weighted by Crippen LogP contribution is -2.36. The number of fused-ring (bicyclic) bond motifs is 11. The highest BCUT2D eigenvalue weighted by atomic mass is 32.2. The maximum atomic E-state index is 6.61. The molecule has 1 aromatic heterocycles. The predicted octanol–water partition coefficient (Wildman–Crippen LogP) is 12.5. The van der Waals surface area contributed by atoms with Gasteiger partial charge in [0.05, 0.1) is 15.8 Å². The van der Waals surface area contributed by atoms with Gasteiger partial charge in [0.25, 0.3) is 0 Å². The lowest BCUT2D eigenvalue weighted by atomic mass is 9.63. The number of rotatable bonds is 3. The van der Waals surface area contributed by atoms with Crippen molar-refractivity contribution in [3.63, 3.8) is 0 Å². The van der Waals surface area contributed by atoms with Gasteiger partial charge in [-0.2, -0.15) is 0 Å². The molecule has 0 radical (unpaired) electrons. The zero-order chi connectivity index (χ0) is 31.0. The number of thiophene rings is 1. The summed E-state index contributed by atoms with van der Waals surface area (Å²) in [6, 6.07) is 59.4. The van der Waals surface area contributed by atoms with Crippen LogP contribution in [0.4, 0.5) is 17.1 Å². The summed E-state index contributed by atoms with van der Waals surface area (Å²) in [5, 5.41) is 2.59. The van der Waals surface area contributed by atoms with Crippen LogP contribution in [0.5, 0.6) is 11.5 Å². The normalized spacial score (nSPS) is 13.8. The number of anilines is 3. The standard InChI is InChI=1S/C43H27NOS2/c1-2-13-28(14-3-1)44(36-20-12-16-31-30-15-4-10-23-39(30)47-42(31)36)29-25-26-41-35(27-29)43(34-19-7-11-24-40(34)46-41)32-17-5-8-21-37(32)45-38-22-9-6-18-33(38)43/h1-27H. The van der Waals surface area contributed by atoms with E-state index in [2.05, 4.69) is 169 Å². The summed E-state index contributed by atoms with van der Waals surface area (Å²) in [6.07, 6.45) is 0. The summed E-state index contributed by atoms with van der Waals surface area (Å²) in [5.41, 5.74) is 7.78. The highest BCUT2D eigenvalue weighted by Crippen LogP contribution is 2.62. The van der Waals surface area contributed by atoms with E-state index in [0.717, 1.165) is 22.9 Å². The molecule has 0 saturated carbocycles. The van der Waals surface area contributed by atoms with Crippen LogP contribution in [0, 0.1) is 0 Å². The molecule has 2 aliphatic heterocycles. The van der Waals surface area contributed by atoms with Gasteiger partial charge in [-0.05, 0) is 71.8 Å². The van der Waals surface area contributed by atoms with E-state index < -0.39 is 5.41 Å². The third kappa shape index (κ3) is 3.86. The summed E-state index contributed by atoms with van der Waals surface area (Å²) in [4.78, 5) is 4.97. The Kier molecular flexibility index (Phi) is 5.93. The van der Waals surface area contributed by atoms with Crippen LogP contribution in [0.3, 0.4) is 0 Å². The Labute approximate surface area is 281 Å². The Morgan fingerprint density at radius 3 is 1.91 bits per heavy atom. The first-order valence-electron chi connectivity index (χ1n) is 15.8. The molecule has 0 aliphatic carbocycles. The number of benzene rings is 7. The van der Waals surface area contributed by atoms with Gasteiger partial charge in [-0.1, -0.05) is 115 Å². The molecular weight excluding hydrogens is 611 g/mol. The molecule has 47 heavy (non-hydrogen) atoms. The first kappa shape index (κ1) is 26.9. The molecule has 0 amide bonds. The van der Waals surface area contributed by atoms with Gasteiger partial charge in [-0.25, -0.2) is 0 Å². The van der Waals surface area contributed by atoms with Crippen LogP contribution in [0.1, 0.15) is 22.3 Å². The molecule has 1 spiro atoms. The Bertz CT molecular complexity index is 2400. The predicted molar refractivity (Wildman–Crippen MR) is 197 cm³/mol. The monoisotopic (exact) mass is 637 g/mol. The summed E-state index contributed by atoms with van der Waals surface area (Å²) in [6.45, 7) is 0. The summed E-state index contributed by atoms with van der Waals surface area (Å²) in [7, 11) is 0. The molecule has 2 nitrogen and oxygen atoms in total. The minimum Gasteiger partial charge on any atom is -0.457 e. The molecule has 3 heterocycles. The fourth-order valence-corrected chi connectivity index (χ4v) is 10.0. The fourth-order valence-electron chi connectivity index (χ4n) is 7.66. The van der Waals surface area contributed by atoms with Gasteiger partial charge in [0.1, 0.15) is 11.5 Å². The molecule has 8 aromatic rings. The van der Waals surface area contributed by atoms with E-state index in [9.17, 15) is 0 Å². The van der Waals surface area contributed by atoms with E-state index in [1.54, 1.807) is 0 Å². The average Bonchev–Trinajstić information content (AvgIpc) is 3.52. The van der Waals surface area contributed by atoms with Crippen molar-refractivity contribution in [3.8, 4) is 11.5 Å². The second-order valence-corrected chi connectivity index (χ2v) is 14.2. The molecule has 0 atom stereocenters. The van der Waals surface area contributed by atoms with Crippen molar-refractivity contribution < 1.29 is 4.74 Å². The van der Waals surface area contributed by atoms with Gasteiger partial charge in [0.15, 0.2) is 0 Å². The van der Waals surface area contributed by atoms with Crippen molar-refractivity contribution >= 4 is 60.3 Å². The van der Waals surface area contributed by atoms with E-state index in [1.165, 1.54) is 57.9 Å². The van der Waals surface area contributed by atoms with Crippen LogP contribution in [-0.2, 0) is 5.41 Å². The molecule has 0 bridgehead atoms. The molecule has 10 rings (SSSR count). The Balaban J connectivity index is 1.29. The van der Waals surface area contributed by atoms with Crippen LogP contribution in [-0.4, -0.2) is 0 Å². The highest BCUT2D eigenvalue weighted by Gasteiger charge is 2.49. The van der Waals surface area contributed by atoms with Crippen LogP contribution in [0.2, 0.25) is 0 Å². The van der Waals surface area contributed by atoms with Gasteiger partial charge in [-0.15, -0.1) is 11.3 Å². The van der Waals surface area contributed by atoms with E-state index in [1.807, 2.05) is 23.1 Å². The quantitative estimate of drug-likeness (QED) is 0.191. The van der Waals surface area contributed by atoms with Crippen LogP contribution in [0.15, 0.2) is 174 Å². The maximum absolute atomic E-state index is 6.61. The van der Waals surface area contributed by atoms with E-state index in [-0.39, 0.29) is 0 Å². The van der Waals surface area contributed by atoms with Crippen LogP contribution in [0.25, 0.3) is 20.2 Å². The van der Waals surface area contributed by atoms with Crippen molar-refractivity contribution in [2.24, 2.45) is 0 Å². The highest BCUT2D eigenvalue weighted by molar-refractivity contribution is 7.99. The SMILES string of the molecule is c1ccc(N(c2ccc3c(c2)C2(c4ccccc4Oc4ccccc42)c2ccccc2S3)c2cccc3c2sc2ccccc23)cc1. The summed E-state index contributed by atoms with van der Waals surface area (Å²) in [5.74, 6) is 1.80. The van der Waals surface area contributed by atoms with Gasteiger partial charge < -0.3 is 9.64 Å². The average molecular weight is 638 g/mol.